The summed E-state index contributed by atoms with van der Waals surface area (Å²) in [5.74, 6) is 0.588. The minimum absolute atomic E-state index is 0.0836. The number of hydrogen-bond donors (Lipinski definition) is 2. The van der Waals surface area contributed by atoms with Gasteiger partial charge in [0.25, 0.3) is 0 Å². The van der Waals surface area contributed by atoms with Gasteiger partial charge in [-0.15, -0.1) is 0 Å². The molecule has 0 aliphatic carbocycles. The maximum atomic E-state index is 11.8. The number of nitrogens with one attached hydrogen (secondary N) is 1. The smallest absolute Gasteiger partial charge is 0.316 e. The van der Waals surface area contributed by atoms with Gasteiger partial charge in [-0.25, -0.2) is 0 Å². The van der Waals surface area contributed by atoms with Gasteiger partial charge in [0.15, 0.2) is 0 Å². The van der Waals surface area contributed by atoms with Gasteiger partial charge in [-0.05, 0) is 56.1 Å². The van der Waals surface area contributed by atoms with E-state index in [1.54, 1.807) is 36.4 Å². The Labute approximate surface area is 129 Å². The third kappa shape index (κ3) is 3.95. The van der Waals surface area contributed by atoms with Crippen LogP contribution in [0.1, 0.15) is 0 Å². The van der Waals surface area contributed by atoms with Crippen LogP contribution in [0.5, 0.6) is 11.5 Å². The molecule has 7 heteroatoms. The average molecular weight is 407 g/mol. The first-order chi connectivity index (χ1) is 9.06. The molecule has 0 spiro atoms. The van der Waals surface area contributed by atoms with Gasteiger partial charge in [0.05, 0.1) is 14.6 Å². The monoisotopic (exact) mass is 405 g/mol. The molecule has 0 bridgehead atoms. The third-order valence-corrected chi connectivity index (χ3v) is 4.09. The van der Waals surface area contributed by atoms with Crippen molar-refractivity contribution in [1.29, 1.82) is 0 Å². The van der Waals surface area contributed by atoms with Gasteiger partial charge in [-0.3, -0.25) is 4.72 Å². The molecule has 2 aromatic carbocycles. The zero-order valence-electron chi connectivity index (χ0n) is 9.47. The lowest BCUT2D eigenvalue weighted by atomic mass is 10.3. The van der Waals surface area contributed by atoms with Crippen molar-refractivity contribution in [3.05, 3.63) is 51.4 Å². The number of anilines is 1. The summed E-state index contributed by atoms with van der Waals surface area (Å²) >= 11 is 4.67. The molecule has 0 saturated heterocycles. The zero-order chi connectivity index (χ0) is 13.8. The number of hydrogen-bond acceptors (Lipinski definition) is 3. The standard InChI is InChI=1S/C12H9Br2NO3S/c13-10-6-8(7-11(14)12(10)16)15-19(17)18-9-4-2-1-3-5-9/h1-7,15-16H. The summed E-state index contributed by atoms with van der Waals surface area (Å²) in [5.41, 5.74) is 0.547. The summed E-state index contributed by atoms with van der Waals surface area (Å²) < 4.78 is 20.6. The Balaban J connectivity index is 2.07. The van der Waals surface area contributed by atoms with Crippen LogP contribution < -0.4 is 8.91 Å². The van der Waals surface area contributed by atoms with E-state index in [0.29, 0.717) is 20.4 Å². The Bertz CT molecular complexity index is 584. The molecule has 0 aromatic heterocycles. The van der Waals surface area contributed by atoms with Crippen LogP contribution in [-0.2, 0) is 11.3 Å². The molecule has 2 aromatic rings. The lowest BCUT2D eigenvalue weighted by Gasteiger charge is -2.09. The van der Waals surface area contributed by atoms with Crippen molar-refractivity contribution in [3.63, 3.8) is 0 Å². The summed E-state index contributed by atoms with van der Waals surface area (Å²) in [6.07, 6.45) is 0. The summed E-state index contributed by atoms with van der Waals surface area (Å²) in [5, 5.41) is 9.57. The Hall–Kier alpha value is -1.05. The van der Waals surface area contributed by atoms with Crippen molar-refractivity contribution in [2.45, 2.75) is 0 Å². The van der Waals surface area contributed by atoms with Crippen LogP contribution in [0.2, 0.25) is 0 Å². The molecular formula is C12H9Br2NO3S. The Kier molecular flexibility index (Phi) is 4.84. The third-order valence-electron chi connectivity index (χ3n) is 2.13. The van der Waals surface area contributed by atoms with Crippen LogP contribution >= 0.6 is 31.9 Å². The normalized spacial score (nSPS) is 11.9. The van der Waals surface area contributed by atoms with E-state index in [9.17, 15) is 9.32 Å². The zero-order valence-corrected chi connectivity index (χ0v) is 13.5. The number of aromatic hydroxyl groups is 1. The van der Waals surface area contributed by atoms with Crippen LogP contribution in [0.25, 0.3) is 0 Å². The molecule has 0 heterocycles. The predicted molar refractivity (Wildman–Crippen MR) is 82.3 cm³/mol. The number of halogens is 2. The first kappa shape index (κ1) is 14.4. The highest BCUT2D eigenvalue weighted by molar-refractivity contribution is 9.11. The van der Waals surface area contributed by atoms with Gasteiger partial charge in [0.2, 0.25) is 0 Å². The predicted octanol–water partition coefficient (Wildman–Crippen LogP) is 3.99. The molecule has 1 unspecified atom stereocenters. The quantitative estimate of drug-likeness (QED) is 0.754. The summed E-state index contributed by atoms with van der Waals surface area (Å²) in [4.78, 5) is 0. The van der Waals surface area contributed by atoms with Gasteiger partial charge in [0.1, 0.15) is 11.5 Å². The fourth-order valence-electron chi connectivity index (χ4n) is 1.30. The highest BCUT2D eigenvalue weighted by atomic mass is 79.9. The van der Waals surface area contributed by atoms with E-state index in [1.807, 2.05) is 6.07 Å². The van der Waals surface area contributed by atoms with Crippen LogP contribution in [0.4, 0.5) is 5.69 Å². The summed E-state index contributed by atoms with van der Waals surface area (Å²) in [6.45, 7) is 0. The lowest BCUT2D eigenvalue weighted by Crippen LogP contribution is -2.10. The molecule has 0 fully saturated rings. The summed E-state index contributed by atoms with van der Waals surface area (Å²) in [7, 11) is 0. The maximum absolute atomic E-state index is 11.8. The summed E-state index contributed by atoms with van der Waals surface area (Å²) in [6, 6.07) is 12.1. The maximum Gasteiger partial charge on any atom is 0.316 e. The second kappa shape index (κ2) is 6.40. The Morgan fingerprint density at radius 1 is 1.11 bits per heavy atom. The van der Waals surface area contributed by atoms with Crippen molar-refractivity contribution in [2.75, 3.05) is 4.72 Å². The number of benzene rings is 2. The number of para-hydroxylation sites is 1. The lowest BCUT2D eigenvalue weighted by molar-refractivity contribution is 0.468. The van der Waals surface area contributed by atoms with E-state index >= 15 is 0 Å². The molecule has 0 aliphatic heterocycles. The highest BCUT2D eigenvalue weighted by Gasteiger charge is 2.08. The van der Waals surface area contributed by atoms with Gasteiger partial charge >= 0.3 is 11.3 Å². The molecule has 2 N–H and O–H groups in total. The van der Waals surface area contributed by atoms with E-state index in [1.165, 1.54) is 0 Å². The first-order valence-electron chi connectivity index (χ1n) is 5.16. The van der Waals surface area contributed by atoms with Crippen molar-refractivity contribution in [1.82, 2.24) is 0 Å². The van der Waals surface area contributed by atoms with Gasteiger partial charge in [0, 0.05) is 0 Å². The molecule has 0 radical (unpaired) electrons. The molecule has 4 nitrogen and oxygen atoms in total. The van der Waals surface area contributed by atoms with Crippen LogP contribution in [0.3, 0.4) is 0 Å². The largest absolute Gasteiger partial charge is 0.506 e. The van der Waals surface area contributed by atoms with Crippen molar-refractivity contribution in [3.8, 4) is 11.5 Å². The second-order valence-electron chi connectivity index (χ2n) is 3.52. The fraction of sp³-hybridized carbons (Fsp3) is 0. The second-order valence-corrected chi connectivity index (χ2v) is 6.07. The average Bonchev–Trinajstić information content (AvgIpc) is 2.37. The molecule has 0 aliphatic rings. The number of phenolic OH excluding ortho intramolecular Hbond substituents is 1. The highest BCUT2D eigenvalue weighted by Crippen LogP contribution is 2.35. The minimum atomic E-state index is -1.72. The molecule has 1 atom stereocenters. The molecule has 0 saturated carbocycles. The van der Waals surface area contributed by atoms with E-state index in [0.717, 1.165) is 0 Å². The van der Waals surface area contributed by atoms with Crippen molar-refractivity contribution < 1.29 is 13.5 Å². The van der Waals surface area contributed by atoms with Gasteiger partial charge in [-0.1, -0.05) is 18.2 Å². The Morgan fingerprint density at radius 2 is 1.68 bits per heavy atom. The number of phenols is 1. The fourth-order valence-corrected chi connectivity index (χ4v) is 3.13. The topological polar surface area (TPSA) is 58.6 Å². The van der Waals surface area contributed by atoms with Crippen molar-refractivity contribution >= 4 is 48.8 Å². The van der Waals surface area contributed by atoms with E-state index < -0.39 is 11.3 Å². The molecule has 19 heavy (non-hydrogen) atoms. The van der Waals surface area contributed by atoms with Gasteiger partial charge < -0.3 is 9.29 Å². The van der Waals surface area contributed by atoms with E-state index in [4.69, 9.17) is 4.18 Å². The number of rotatable bonds is 4. The van der Waals surface area contributed by atoms with Gasteiger partial charge in [-0.2, -0.15) is 4.21 Å². The van der Waals surface area contributed by atoms with Crippen molar-refractivity contribution in [2.24, 2.45) is 0 Å². The molecule has 100 valence electrons. The first-order valence-corrected chi connectivity index (χ1v) is 7.82. The minimum Gasteiger partial charge on any atom is -0.506 e. The van der Waals surface area contributed by atoms with Crippen LogP contribution in [-0.4, -0.2) is 9.32 Å². The SMILES string of the molecule is O=S(Nc1cc(Br)c(O)c(Br)c1)Oc1ccccc1. The van der Waals surface area contributed by atoms with E-state index in [-0.39, 0.29) is 5.75 Å². The molecule has 0 amide bonds. The van der Waals surface area contributed by atoms with E-state index in [2.05, 4.69) is 36.6 Å². The Morgan fingerprint density at radius 3 is 2.26 bits per heavy atom. The molecular weight excluding hydrogens is 398 g/mol. The molecule has 2 rings (SSSR count). The van der Waals surface area contributed by atoms with Crippen LogP contribution in [0.15, 0.2) is 51.4 Å². The van der Waals surface area contributed by atoms with Crippen LogP contribution in [0, 0.1) is 0 Å².